The van der Waals surface area contributed by atoms with E-state index in [0.29, 0.717) is 19.8 Å². The van der Waals surface area contributed by atoms with Gasteiger partial charge in [-0.2, -0.15) is 0 Å². The van der Waals surface area contributed by atoms with E-state index in [-0.39, 0.29) is 6.61 Å². The zero-order chi connectivity index (χ0) is 23.9. The lowest BCUT2D eigenvalue weighted by atomic mass is 10.0. The Kier molecular flexibility index (Phi) is 12.6. The maximum atomic E-state index is 9.80. The van der Waals surface area contributed by atoms with Gasteiger partial charge in [-0.3, -0.25) is 0 Å². The molecule has 0 fully saturated rings. The Morgan fingerprint density at radius 1 is 0.968 bits per heavy atom. The molecule has 31 heavy (non-hydrogen) atoms. The Hall–Kier alpha value is 0.812. The van der Waals surface area contributed by atoms with Crippen molar-refractivity contribution in [2.45, 2.75) is 46.8 Å². The lowest BCUT2D eigenvalue weighted by Gasteiger charge is -2.52. The summed E-state index contributed by atoms with van der Waals surface area (Å²) in [6.45, 7) is 4.64. The fourth-order valence-corrected chi connectivity index (χ4v) is 97.8. The van der Waals surface area contributed by atoms with Crippen LogP contribution in [0.5, 0.6) is 5.75 Å². The van der Waals surface area contributed by atoms with Crippen molar-refractivity contribution in [3.05, 3.63) is 28.8 Å². The summed E-state index contributed by atoms with van der Waals surface area (Å²) in [5.74, 6) is 0.753. The number of aryl methyl sites for hydroxylation is 1. The molecule has 0 amide bonds. The van der Waals surface area contributed by atoms with Crippen LogP contribution in [-0.4, -0.2) is 109 Å². The molecule has 1 N–H and O–H groups in total. The number of aliphatic hydroxyl groups is 1. The minimum atomic E-state index is -2.61. The Bertz CT molecular complexity index is 695. The van der Waals surface area contributed by atoms with E-state index in [9.17, 15) is 5.11 Å². The molecule has 0 aromatic heterocycles. The van der Waals surface area contributed by atoms with Crippen LogP contribution in [-0.2, 0) is 26.3 Å². The van der Waals surface area contributed by atoms with Crippen molar-refractivity contribution in [2.75, 3.05) is 26.9 Å². The smallest absolute Gasteiger partial charge is 0.354 e. The van der Waals surface area contributed by atoms with Crippen molar-refractivity contribution in [3.8, 4) is 5.75 Å². The van der Waals surface area contributed by atoms with Crippen molar-refractivity contribution < 1.29 is 23.1 Å². The third-order valence-corrected chi connectivity index (χ3v) is 83.6. The number of rotatable bonds is 14. The number of hydrogen-bond acceptors (Lipinski definition) is 5. The molecule has 164 valence electrons. The average molecular weight is 567 g/mol. The first-order valence-corrected chi connectivity index (χ1v) is 28.2. The van der Waals surface area contributed by atoms with Crippen LogP contribution in [0.25, 0.3) is 0 Å². The molecule has 0 bridgehead atoms. The second-order valence-electron chi connectivity index (χ2n) is 7.13. The number of aliphatic hydroxyl groups excluding tert-OH is 1. The molecule has 1 aromatic carbocycles. The highest BCUT2D eigenvalue weighted by molar-refractivity contribution is 8.11. The molecule has 1 unspecified atom stereocenters. The van der Waals surface area contributed by atoms with Crippen LogP contribution < -0.4 is 4.74 Å². The third kappa shape index (κ3) is 6.69. The van der Waals surface area contributed by atoms with Crippen molar-refractivity contribution in [1.82, 2.24) is 0 Å². The minimum Gasteiger partial charge on any atom is -0.496 e. The standard InChI is InChI=1S/C17H30O5Si9/c1-6-20-28(21-7-2)29(31(25,26)27,30(23,24)22-8-3)12-11-16-14(4)9-10-15(13-18)17(16)19-5/h9-10,18H,6-8,11-13H2,1-5H3. The molecular formula is C17H30O5Si9. The maximum Gasteiger partial charge on any atom is 0.354 e. The Labute approximate surface area is 207 Å². The van der Waals surface area contributed by atoms with Gasteiger partial charge in [0.2, 0.25) is 0 Å². The van der Waals surface area contributed by atoms with Crippen molar-refractivity contribution in [3.63, 3.8) is 0 Å². The van der Waals surface area contributed by atoms with Gasteiger partial charge in [-0.1, -0.05) is 18.2 Å². The van der Waals surface area contributed by atoms with Gasteiger partial charge in [0.05, 0.1) is 13.7 Å². The molecule has 16 radical (unpaired) electrons. The average Bonchev–Trinajstić information content (AvgIpc) is 2.68. The van der Waals surface area contributed by atoms with E-state index in [2.05, 4.69) is 55.7 Å². The fourth-order valence-electron chi connectivity index (χ4n) is 3.69. The van der Waals surface area contributed by atoms with Gasteiger partial charge in [0.25, 0.3) is 0 Å². The summed E-state index contributed by atoms with van der Waals surface area (Å²) in [6, 6.07) is 4.80. The van der Waals surface area contributed by atoms with Gasteiger partial charge in [0.15, 0.2) is 0 Å². The Morgan fingerprint density at radius 3 is 1.97 bits per heavy atom. The highest BCUT2D eigenvalue weighted by Crippen LogP contribution is 2.35. The first kappa shape index (κ1) is 29.8. The van der Waals surface area contributed by atoms with E-state index >= 15 is 0 Å². The van der Waals surface area contributed by atoms with E-state index < -0.39 is 28.4 Å². The fraction of sp³-hybridized carbons (Fsp3) is 0.647. The third-order valence-electron chi connectivity index (χ3n) is 5.20. The molecule has 1 aromatic rings. The van der Waals surface area contributed by atoms with Crippen LogP contribution >= 0.6 is 0 Å². The molecule has 0 spiro atoms. The zero-order valence-electron chi connectivity index (χ0n) is 19.0. The lowest BCUT2D eigenvalue weighted by molar-refractivity contribution is 0.229. The monoisotopic (exact) mass is 566 g/mol. The van der Waals surface area contributed by atoms with Crippen LogP contribution in [0.4, 0.5) is 0 Å². The van der Waals surface area contributed by atoms with Crippen molar-refractivity contribution >= 4 is 77.2 Å². The van der Waals surface area contributed by atoms with Gasteiger partial charge in [0, 0.05) is 80.3 Å². The second kappa shape index (κ2) is 13.0. The molecule has 0 saturated heterocycles. The molecule has 0 saturated carbocycles. The maximum absolute atomic E-state index is 9.80. The van der Waals surface area contributed by atoms with E-state index in [0.717, 1.165) is 34.9 Å². The predicted molar refractivity (Wildman–Crippen MR) is 139 cm³/mol. The summed E-state index contributed by atoms with van der Waals surface area (Å²) in [5, 5.41) is 9.80. The van der Waals surface area contributed by atoms with E-state index in [1.807, 2.05) is 32.9 Å². The van der Waals surface area contributed by atoms with Crippen molar-refractivity contribution in [2.24, 2.45) is 0 Å². The minimum absolute atomic E-state index is 0.0627. The first-order valence-electron chi connectivity index (χ1n) is 10.2. The van der Waals surface area contributed by atoms with Gasteiger partial charge in [-0.05, 0) is 45.2 Å². The zero-order valence-corrected chi connectivity index (χ0v) is 28.0. The molecule has 0 aliphatic heterocycles. The molecule has 0 heterocycles. The quantitative estimate of drug-likeness (QED) is 0.322. The summed E-state index contributed by atoms with van der Waals surface area (Å²) in [7, 11) is 20.4. The molecular weight excluding hydrogens is 537 g/mol. The van der Waals surface area contributed by atoms with Gasteiger partial charge in [0.1, 0.15) is 19.2 Å². The number of benzene rings is 1. The normalized spacial score (nSPS) is 14.7. The van der Waals surface area contributed by atoms with Gasteiger partial charge >= 0.3 is 8.80 Å². The molecule has 5 nitrogen and oxygen atoms in total. The summed E-state index contributed by atoms with van der Waals surface area (Å²) in [5.41, 5.74) is 3.02. The Morgan fingerprint density at radius 2 is 1.55 bits per heavy atom. The number of ether oxygens (including phenoxy) is 1. The Balaban J connectivity index is 3.65. The van der Waals surface area contributed by atoms with Crippen LogP contribution in [0.1, 0.15) is 37.5 Å². The summed E-state index contributed by atoms with van der Waals surface area (Å²) in [4.78, 5) is 0. The topological polar surface area (TPSA) is 57.2 Å². The van der Waals surface area contributed by atoms with Crippen molar-refractivity contribution in [1.29, 1.82) is 0 Å². The van der Waals surface area contributed by atoms with Crippen LogP contribution in [0, 0.1) is 6.92 Å². The molecule has 14 heteroatoms. The molecule has 0 aliphatic rings. The summed E-state index contributed by atoms with van der Waals surface area (Å²) >= 11 is 0. The van der Waals surface area contributed by atoms with Gasteiger partial charge in [-0.15, -0.1) is 0 Å². The largest absolute Gasteiger partial charge is 0.496 e. The van der Waals surface area contributed by atoms with Crippen LogP contribution in [0.3, 0.4) is 0 Å². The first-order chi connectivity index (χ1) is 14.5. The van der Waals surface area contributed by atoms with Gasteiger partial charge < -0.3 is 23.1 Å². The lowest BCUT2D eigenvalue weighted by Crippen LogP contribution is -2.89. The highest BCUT2D eigenvalue weighted by Gasteiger charge is 2.65. The SMILES string of the molecule is CCO[Si](OCC)[Si](CCc1c(C)ccc(CO)c1OC)([Si]([Si])([Si])[Si])[Si]([Si])([Si])OCC. The predicted octanol–water partition coefficient (Wildman–Crippen LogP) is 0.0404. The van der Waals surface area contributed by atoms with E-state index in [1.165, 1.54) is 0 Å². The summed E-state index contributed by atoms with van der Waals surface area (Å²) in [6.07, 6.45) is -1.61. The van der Waals surface area contributed by atoms with Crippen LogP contribution in [0.15, 0.2) is 12.1 Å². The van der Waals surface area contributed by atoms with Crippen LogP contribution in [0.2, 0.25) is 6.04 Å². The van der Waals surface area contributed by atoms with Gasteiger partial charge in [-0.25, -0.2) is 0 Å². The molecule has 1 rings (SSSR count). The van der Waals surface area contributed by atoms with E-state index in [4.69, 9.17) is 18.0 Å². The number of hydrogen-bond donors (Lipinski definition) is 1. The second-order valence-corrected chi connectivity index (χ2v) is 56.0. The highest BCUT2D eigenvalue weighted by atomic mass is 30.4. The summed E-state index contributed by atoms with van der Waals surface area (Å²) < 4.78 is 24.8. The number of methoxy groups -OCH3 is 1. The van der Waals surface area contributed by atoms with E-state index in [1.54, 1.807) is 7.11 Å². The molecule has 1 atom stereocenters. The molecule has 0 aliphatic carbocycles.